The van der Waals surface area contributed by atoms with Crippen LogP contribution in [0.3, 0.4) is 0 Å². The van der Waals surface area contributed by atoms with Gasteiger partial charge < -0.3 is 9.80 Å². The molecule has 4 atom stereocenters. The number of piperidine rings is 1. The van der Waals surface area contributed by atoms with Gasteiger partial charge in [0, 0.05) is 25.3 Å². The van der Waals surface area contributed by atoms with E-state index in [1.807, 2.05) is 0 Å². The number of nitrogens with zero attached hydrogens (tertiary/aromatic N) is 1. The zero-order chi connectivity index (χ0) is 21.3. The molecule has 2 heterocycles. The van der Waals surface area contributed by atoms with Crippen LogP contribution in [0.2, 0.25) is 0 Å². The number of hydrogen-bond donors (Lipinski definition) is 1. The molecule has 0 aromatic carbocycles. The van der Waals surface area contributed by atoms with Crippen molar-refractivity contribution in [1.29, 1.82) is 0 Å². The van der Waals surface area contributed by atoms with Crippen molar-refractivity contribution in [2.24, 2.45) is 11.8 Å². The summed E-state index contributed by atoms with van der Waals surface area (Å²) in [5.74, 6) is 1.18. The van der Waals surface area contributed by atoms with Crippen LogP contribution in [0.4, 0.5) is 0 Å². The zero-order valence-corrected chi connectivity index (χ0v) is 19.7. The number of rotatable bonds is 10. The van der Waals surface area contributed by atoms with E-state index >= 15 is 0 Å². The molecule has 0 aliphatic carbocycles. The van der Waals surface area contributed by atoms with Crippen molar-refractivity contribution >= 4 is 5.91 Å². The lowest BCUT2D eigenvalue weighted by molar-refractivity contribution is -0.927. The Morgan fingerprint density at radius 1 is 1.10 bits per heavy atom. The second-order valence-electron chi connectivity index (χ2n) is 10.1. The Morgan fingerprint density at radius 3 is 2.66 bits per heavy atom. The zero-order valence-electron chi connectivity index (χ0n) is 19.7. The summed E-state index contributed by atoms with van der Waals surface area (Å²) in [4.78, 5) is 12.3. The molecule has 0 spiro atoms. The summed E-state index contributed by atoms with van der Waals surface area (Å²) in [5.41, 5.74) is 2.87. The molecule has 2 rings (SSSR count). The quantitative estimate of drug-likeness (QED) is 0.280. The predicted octanol–water partition coefficient (Wildman–Crippen LogP) is 5.79. The lowest BCUT2D eigenvalue weighted by Gasteiger charge is -2.41. The highest BCUT2D eigenvalue weighted by atomic mass is 16.1. The SMILES string of the molecule is CC(C)=CCC/C(C)=C/CC[C@H](C)/C=C/C(=O)NC[C@@H]1CC[N@@+]2(C)CCCC[C@H]12. The smallest absolute Gasteiger partial charge is 0.243 e. The summed E-state index contributed by atoms with van der Waals surface area (Å²) in [6.07, 6.45) is 18.3. The van der Waals surface area contributed by atoms with E-state index in [1.54, 1.807) is 6.08 Å². The molecule has 2 saturated heterocycles. The van der Waals surface area contributed by atoms with Gasteiger partial charge >= 0.3 is 0 Å². The van der Waals surface area contributed by atoms with Gasteiger partial charge in [-0.1, -0.05) is 36.3 Å². The third-order valence-electron chi connectivity index (χ3n) is 7.10. The van der Waals surface area contributed by atoms with Gasteiger partial charge in [-0.25, -0.2) is 0 Å². The summed E-state index contributed by atoms with van der Waals surface area (Å²) in [5, 5.41) is 3.18. The summed E-state index contributed by atoms with van der Waals surface area (Å²) in [6, 6.07) is 0.763. The van der Waals surface area contributed by atoms with Gasteiger partial charge in [0.1, 0.15) is 0 Å². The van der Waals surface area contributed by atoms with Crippen molar-refractivity contribution < 1.29 is 9.28 Å². The molecule has 0 aromatic heterocycles. The minimum absolute atomic E-state index is 0.0854. The molecule has 3 nitrogen and oxygen atoms in total. The number of quaternary nitrogens is 1. The number of nitrogens with one attached hydrogen (secondary N) is 1. The monoisotopic (exact) mass is 401 g/mol. The standard InChI is InChI=1S/C26H44N2O/c1-21(2)10-8-11-22(3)12-9-13-23(4)15-16-26(29)27-20-24-17-19-28(5)18-7-6-14-25(24)28/h10,12,15-16,23-25H,6-9,11,13-14,17-20H2,1-5H3/p+1/b16-15+,22-12+/t23-,24-,25+,28+/m0/s1. The van der Waals surface area contributed by atoms with Gasteiger partial charge in [0.2, 0.25) is 5.91 Å². The summed E-state index contributed by atoms with van der Waals surface area (Å²) >= 11 is 0. The fourth-order valence-corrected chi connectivity index (χ4v) is 5.14. The first-order valence-electron chi connectivity index (χ1n) is 11.9. The number of carbonyl (C=O) groups excluding carboxylic acids is 1. The van der Waals surface area contributed by atoms with E-state index in [2.05, 4.69) is 58.3 Å². The first-order chi connectivity index (χ1) is 13.8. The molecule has 0 aromatic rings. The van der Waals surface area contributed by atoms with Gasteiger partial charge in [0.05, 0.1) is 26.2 Å². The highest BCUT2D eigenvalue weighted by Gasteiger charge is 2.46. The molecule has 3 heteroatoms. The Morgan fingerprint density at radius 2 is 1.90 bits per heavy atom. The minimum Gasteiger partial charge on any atom is -0.352 e. The second kappa shape index (κ2) is 11.7. The van der Waals surface area contributed by atoms with Gasteiger partial charge in [-0.05, 0) is 71.3 Å². The Kier molecular flexibility index (Phi) is 9.68. The van der Waals surface area contributed by atoms with E-state index in [0.29, 0.717) is 11.8 Å². The normalized spacial score (nSPS) is 28.2. The van der Waals surface area contributed by atoms with Gasteiger partial charge in [0.15, 0.2) is 0 Å². The van der Waals surface area contributed by atoms with Gasteiger partial charge in [0.25, 0.3) is 0 Å². The molecular formula is C26H45N2O+. The first-order valence-corrected chi connectivity index (χ1v) is 11.9. The molecule has 0 bridgehead atoms. The van der Waals surface area contributed by atoms with E-state index in [1.165, 1.54) is 54.4 Å². The van der Waals surface area contributed by atoms with E-state index in [4.69, 9.17) is 0 Å². The highest BCUT2D eigenvalue weighted by molar-refractivity contribution is 5.87. The topological polar surface area (TPSA) is 29.1 Å². The van der Waals surface area contributed by atoms with Crippen LogP contribution >= 0.6 is 0 Å². The number of amides is 1. The Bertz CT molecular complexity index is 614. The highest BCUT2D eigenvalue weighted by Crippen LogP contribution is 2.36. The van der Waals surface area contributed by atoms with Crippen LogP contribution in [0.25, 0.3) is 0 Å². The second-order valence-corrected chi connectivity index (χ2v) is 10.1. The Hall–Kier alpha value is -1.35. The maximum absolute atomic E-state index is 12.3. The van der Waals surface area contributed by atoms with Gasteiger partial charge in [-0.2, -0.15) is 0 Å². The lowest BCUT2D eigenvalue weighted by Crippen LogP contribution is -2.53. The molecule has 29 heavy (non-hydrogen) atoms. The van der Waals surface area contributed by atoms with Crippen LogP contribution in [0.1, 0.15) is 79.1 Å². The summed E-state index contributed by atoms with van der Waals surface area (Å²) in [7, 11) is 2.42. The van der Waals surface area contributed by atoms with Crippen LogP contribution in [-0.4, -0.2) is 43.1 Å². The van der Waals surface area contributed by atoms with Crippen molar-refractivity contribution in [2.75, 3.05) is 26.7 Å². The molecular weight excluding hydrogens is 356 g/mol. The molecule has 0 unspecified atom stereocenters. The molecule has 0 saturated carbocycles. The molecule has 1 N–H and O–H groups in total. The number of allylic oxidation sites excluding steroid dienone is 5. The predicted molar refractivity (Wildman–Crippen MR) is 125 cm³/mol. The van der Waals surface area contributed by atoms with Crippen molar-refractivity contribution in [3.05, 3.63) is 35.5 Å². The molecule has 0 radical (unpaired) electrons. The summed E-state index contributed by atoms with van der Waals surface area (Å²) < 4.78 is 1.24. The Balaban J connectivity index is 1.65. The molecule has 2 aliphatic heterocycles. The average Bonchev–Trinajstić information content (AvgIpc) is 3.01. The maximum atomic E-state index is 12.3. The lowest BCUT2D eigenvalue weighted by atomic mass is 9.92. The minimum atomic E-state index is 0.0854. The fourth-order valence-electron chi connectivity index (χ4n) is 5.14. The third kappa shape index (κ3) is 8.12. The van der Waals surface area contributed by atoms with Crippen molar-refractivity contribution in [1.82, 2.24) is 5.32 Å². The third-order valence-corrected chi connectivity index (χ3v) is 7.10. The number of fused-ring (bicyclic) bond motifs is 1. The van der Waals surface area contributed by atoms with Crippen LogP contribution in [0.15, 0.2) is 35.5 Å². The van der Waals surface area contributed by atoms with Crippen LogP contribution in [0.5, 0.6) is 0 Å². The average molecular weight is 402 g/mol. The van der Waals surface area contributed by atoms with E-state index in [-0.39, 0.29) is 5.91 Å². The maximum Gasteiger partial charge on any atom is 0.243 e. The van der Waals surface area contributed by atoms with E-state index in [9.17, 15) is 4.79 Å². The van der Waals surface area contributed by atoms with E-state index in [0.717, 1.165) is 38.3 Å². The van der Waals surface area contributed by atoms with Gasteiger partial charge in [-0.3, -0.25) is 4.79 Å². The van der Waals surface area contributed by atoms with Crippen molar-refractivity contribution in [3.8, 4) is 0 Å². The fraction of sp³-hybridized carbons (Fsp3) is 0.731. The van der Waals surface area contributed by atoms with Crippen molar-refractivity contribution in [2.45, 2.75) is 85.1 Å². The van der Waals surface area contributed by atoms with Crippen LogP contribution in [-0.2, 0) is 4.79 Å². The largest absolute Gasteiger partial charge is 0.352 e. The number of hydrogen-bond acceptors (Lipinski definition) is 1. The number of carbonyl (C=O) groups is 1. The molecule has 2 aliphatic rings. The molecule has 1 amide bonds. The van der Waals surface area contributed by atoms with Crippen LogP contribution < -0.4 is 5.32 Å². The van der Waals surface area contributed by atoms with Crippen LogP contribution in [0, 0.1) is 11.8 Å². The first kappa shape index (κ1) is 23.9. The Labute approximate surface area is 179 Å². The van der Waals surface area contributed by atoms with Gasteiger partial charge in [-0.15, -0.1) is 0 Å². The van der Waals surface area contributed by atoms with Crippen molar-refractivity contribution in [3.63, 3.8) is 0 Å². The summed E-state index contributed by atoms with van der Waals surface area (Å²) in [6.45, 7) is 12.2. The molecule has 164 valence electrons. The molecule has 2 fully saturated rings. The van der Waals surface area contributed by atoms with E-state index < -0.39 is 0 Å².